The van der Waals surface area contributed by atoms with Gasteiger partial charge in [-0.25, -0.2) is 4.79 Å². The summed E-state index contributed by atoms with van der Waals surface area (Å²) in [6, 6.07) is 7.73. The van der Waals surface area contributed by atoms with Crippen LogP contribution in [0.25, 0.3) is 11.0 Å². The van der Waals surface area contributed by atoms with Crippen LogP contribution in [0.15, 0.2) is 33.5 Å². The molecular weight excluding hydrogens is 302 g/mol. The predicted octanol–water partition coefficient (Wildman–Crippen LogP) is 3.36. The number of rotatable bonds is 2. The summed E-state index contributed by atoms with van der Waals surface area (Å²) in [6.07, 6.45) is 8.08. The van der Waals surface area contributed by atoms with Crippen molar-refractivity contribution in [2.45, 2.75) is 43.9 Å². The van der Waals surface area contributed by atoms with Gasteiger partial charge in [-0.05, 0) is 85.5 Å². The fourth-order valence-electron chi connectivity index (χ4n) is 6.09. The highest BCUT2D eigenvalue weighted by Crippen LogP contribution is 2.60. The minimum absolute atomic E-state index is 0.0647. The zero-order valence-corrected chi connectivity index (χ0v) is 13.6. The van der Waals surface area contributed by atoms with Crippen LogP contribution >= 0.6 is 0 Å². The summed E-state index contributed by atoms with van der Waals surface area (Å²) >= 11 is 0. The summed E-state index contributed by atoms with van der Waals surface area (Å²) in [7, 11) is 0. The Hall–Kier alpha value is -2.10. The average molecular weight is 323 g/mol. The number of fused-ring (bicyclic) bond motifs is 1. The van der Waals surface area contributed by atoms with Gasteiger partial charge in [0.15, 0.2) is 0 Å². The van der Waals surface area contributed by atoms with Gasteiger partial charge in [-0.2, -0.15) is 0 Å². The van der Waals surface area contributed by atoms with Gasteiger partial charge in [0.1, 0.15) is 11.1 Å². The van der Waals surface area contributed by atoms with Crippen LogP contribution in [-0.4, -0.2) is 5.91 Å². The standard InChI is InChI=1S/C20H21NO3/c21-18(22)16-7-14-6-15(1-2-17(14)24-19(16)23)20-8-11-3-12(9-20)5-13(4-11)10-20/h1-2,6-7,11-13H,3-5,8-10H2,(H2,21,22). The van der Waals surface area contributed by atoms with E-state index < -0.39 is 11.5 Å². The first-order valence-electron chi connectivity index (χ1n) is 8.91. The molecule has 1 amide bonds. The molecule has 0 unspecified atom stereocenters. The lowest BCUT2D eigenvalue weighted by Gasteiger charge is -2.57. The molecule has 4 nitrogen and oxygen atoms in total. The Morgan fingerprint density at radius 2 is 1.67 bits per heavy atom. The second kappa shape index (κ2) is 4.71. The van der Waals surface area contributed by atoms with Crippen LogP contribution < -0.4 is 11.4 Å². The molecule has 6 rings (SSSR count). The van der Waals surface area contributed by atoms with E-state index in [1.165, 1.54) is 44.1 Å². The van der Waals surface area contributed by atoms with Crippen molar-refractivity contribution in [2.75, 3.05) is 0 Å². The maximum atomic E-state index is 11.8. The summed E-state index contributed by atoms with van der Waals surface area (Å²) in [5.41, 5.74) is 6.73. The molecule has 1 aromatic heterocycles. The molecule has 0 radical (unpaired) electrons. The lowest BCUT2D eigenvalue weighted by molar-refractivity contribution is -0.00513. The van der Waals surface area contributed by atoms with Crippen molar-refractivity contribution in [3.63, 3.8) is 0 Å². The van der Waals surface area contributed by atoms with E-state index in [1.807, 2.05) is 6.07 Å². The third-order valence-electron chi connectivity index (χ3n) is 6.65. The van der Waals surface area contributed by atoms with E-state index in [0.29, 0.717) is 5.58 Å². The summed E-state index contributed by atoms with van der Waals surface area (Å²) < 4.78 is 5.27. The van der Waals surface area contributed by atoms with E-state index in [9.17, 15) is 9.59 Å². The summed E-state index contributed by atoms with van der Waals surface area (Å²) in [5, 5.41) is 0.802. The number of carbonyl (C=O) groups is 1. The van der Waals surface area contributed by atoms with Crippen LogP contribution in [0.1, 0.15) is 54.4 Å². The Labute approximate surface area is 140 Å². The molecule has 0 spiro atoms. The molecule has 4 bridgehead atoms. The van der Waals surface area contributed by atoms with Crippen LogP contribution in [0, 0.1) is 17.8 Å². The maximum Gasteiger partial charge on any atom is 0.349 e. The highest BCUT2D eigenvalue weighted by Gasteiger charge is 2.51. The van der Waals surface area contributed by atoms with E-state index >= 15 is 0 Å². The molecule has 1 aromatic carbocycles. The Morgan fingerprint density at radius 3 is 2.25 bits per heavy atom. The molecule has 124 valence electrons. The smallest absolute Gasteiger partial charge is 0.349 e. The van der Waals surface area contributed by atoms with Gasteiger partial charge in [0.05, 0.1) is 0 Å². The van der Waals surface area contributed by atoms with Gasteiger partial charge in [0.25, 0.3) is 5.91 Å². The Bertz CT molecular complexity index is 875. The number of hydrogen-bond donors (Lipinski definition) is 1. The number of amides is 1. The zero-order valence-electron chi connectivity index (χ0n) is 13.6. The first-order chi connectivity index (χ1) is 11.5. The predicted molar refractivity (Wildman–Crippen MR) is 90.9 cm³/mol. The van der Waals surface area contributed by atoms with Crippen molar-refractivity contribution in [3.8, 4) is 0 Å². The van der Waals surface area contributed by atoms with Crippen molar-refractivity contribution < 1.29 is 9.21 Å². The number of carbonyl (C=O) groups excluding carboxylic acids is 1. The fourth-order valence-corrected chi connectivity index (χ4v) is 6.09. The summed E-state index contributed by atoms with van der Waals surface area (Å²) in [5.74, 6) is 1.90. The van der Waals surface area contributed by atoms with Crippen LogP contribution in [0.4, 0.5) is 0 Å². The highest BCUT2D eigenvalue weighted by atomic mass is 16.4. The topological polar surface area (TPSA) is 73.3 Å². The van der Waals surface area contributed by atoms with Crippen molar-refractivity contribution in [3.05, 3.63) is 45.8 Å². The minimum atomic E-state index is -0.731. The highest BCUT2D eigenvalue weighted by molar-refractivity contribution is 5.95. The number of benzene rings is 1. The van der Waals surface area contributed by atoms with E-state index in [4.69, 9.17) is 10.2 Å². The average Bonchev–Trinajstić information content (AvgIpc) is 2.52. The monoisotopic (exact) mass is 323 g/mol. The zero-order chi connectivity index (χ0) is 16.5. The SMILES string of the molecule is NC(=O)c1cc2cc(C34CC5CC(CC(C5)C3)C4)ccc2oc1=O. The molecule has 2 aromatic rings. The van der Waals surface area contributed by atoms with Crippen molar-refractivity contribution in [1.29, 1.82) is 0 Å². The summed E-state index contributed by atoms with van der Waals surface area (Å²) in [4.78, 5) is 23.2. The molecule has 1 heterocycles. The molecule has 4 fully saturated rings. The number of hydrogen-bond acceptors (Lipinski definition) is 3. The van der Waals surface area contributed by atoms with Crippen LogP contribution in [0.2, 0.25) is 0 Å². The molecule has 4 heteroatoms. The number of nitrogens with two attached hydrogens (primary N) is 1. The van der Waals surface area contributed by atoms with Gasteiger partial charge in [-0.3, -0.25) is 4.79 Å². The van der Waals surface area contributed by atoms with Gasteiger partial charge >= 0.3 is 5.63 Å². The second-order valence-corrected chi connectivity index (χ2v) is 8.26. The van der Waals surface area contributed by atoms with Crippen molar-refractivity contribution in [2.24, 2.45) is 23.5 Å². The van der Waals surface area contributed by atoms with Gasteiger partial charge < -0.3 is 10.2 Å². The minimum Gasteiger partial charge on any atom is -0.422 e. The third-order valence-corrected chi connectivity index (χ3v) is 6.65. The Morgan fingerprint density at radius 1 is 1.04 bits per heavy atom. The second-order valence-electron chi connectivity index (χ2n) is 8.26. The Balaban J connectivity index is 1.64. The quantitative estimate of drug-likeness (QED) is 0.861. The Kier molecular flexibility index (Phi) is 2.80. The maximum absolute atomic E-state index is 11.8. The molecule has 24 heavy (non-hydrogen) atoms. The van der Waals surface area contributed by atoms with Gasteiger partial charge in [-0.1, -0.05) is 6.07 Å². The normalized spacial score (nSPS) is 33.9. The first-order valence-corrected chi connectivity index (χ1v) is 8.91. The molecule has 0 atom stereocenters. The summed E-state index contributed by atoms with van der Waals surface area (Å²) in [6.45, 7) is 0. The fraction of sp³-hybridized carbons (Fsp3) is 0.500. The van der Waals surface area contributed by atoms with Crippen molar-refractivity contribution in [1.82, 2.24) is 0 Å². The van der Waals surface area contributed by atoms with Gasteiger partial charge in [-0.15, -0.1) is 0 Å². The lowest BCUT2D eigenvalue weighted by atomic mass is 9.48. The van der Waals surface area contributed by atoms with Crippen molar-refractivity contribution >= 4 is 16.9 Å². The van der Waals surface area contributed by atoms with E-state index in [0.717, 1.165) is 23.1 Å². The van der Waals surface area contributed by atoms with Crippen LogP contribution in [-0.2, 0) is 5.41 Å². The molecule has 4 aliphatic rings. The van der Waals surface area contributed by atoms with Gasteiger partial charge in [0.2, 0.25) is 0 Å². The van der Waals surface area contributed by atoms with Crippen LogP contribution in [0.3, 0.4) is 0 Å². The van der Waals surface area contributed by atoms with Crippen LogP contribution in [0.5, 0.6) is 0 Å². The molecule has 0 saturated heterocycles. The molecular formula is C20H21NO3. The van der Waals surface area contributed by atoms with Gasteiger partial charge in [0, 0.05) is 5.39 Å². The number of primary amides is 1. The third kappa shape index (κ3) is 1.98. The molecule has 2 N–H and O–H groups in total. The van der Waals surface area contributed by atoms with E-state index in [1.54, 1.807) is 6.07 Å². The molecule has 0 aliphatic heterocycles. The molecule has 4 saturated carbocycles. The van der Waals surface area contributed by atoms with E-state index in [2.05, 4.69) is 12.1 Å². The molecule has 4 aliphatic carbocycles. The van der Waals surface area contributed by atoms with E-state index in [-0.39, 0.29) is 11.0 Å². The largest absolute Gasteiger partial charge is 0.422 e. The lowest BCUT2D eigenvalue weighted by Crippen LogP contribution is -2.48. The first kappa shape index (κ1) is 14.3.